The van der Waals surface area contributed by atoms with Gasteiger partial charge in [0.15, 0.2) is 0 Å². The Balaban J connectivity index is 1.37. The zero-order valence-electron chi connectivity index (χ0n) is 23.6. The quantitative estimate of drug-likeness (QED) is 0.114. The smallest absolute Gasteiger partial charge is 0.338 e. The predicted molar refractivity (Wildman–Crippen MR) is 154 cm³/mol. The number of rotatable bonds is 17. The van der Waals surface area contributed by atoms with Gasteiger partial charge in [-0.25, -0.2) is 9.59 Å². The lowest BCUT2D eigenvalue weighted by Gasteiger charge is -2.15. The number of hydrogen-bond acceptors (Lipinski definition) is 8. The topological polar surface area (TPSA) is 95.8 Å². The van der Waals surface area contributed by atoms with Crippen LogP contribution in [0.4, 0.5) is 5.69 Å². The summed E-state index contributed by atoms with van der Waals surface area (Å²) in [5, 5.41) is 8.46. The second kappa shape index (κ2) is 17.7. The van der Waals surface area contributed by atoms with Crippen molar-refractivity contribution < 1.29 is 28.5 Å². The highest BCUT2D eigenvalue weighted by molar-refractivity contribution is 5.90. The Labute approximate surface area is 237 Å². The molecule has 214 valence electrons. The molecular weight excluding hydrogens is 508 g/mol. The van der Waals surface area contributed by atoms with E-state index in [1.807, 2.05) is 13.0 Å². The van der Waals surface area contributed by atoms with Crippen molar-refractivity contribution >= 4 is 17.6 Å². The maximum Gasteiger partial charge on any atom is 0.338 e. The average molecular weight is 549 g/mol. The van der Waals surface area contributed by atoms with E-state index < -0.39 is 5.97 Å². The van der Waals surface area contributed by atoms with Gasteiger partial charge in [0.1, 0.15) is 18.5 Å². The van der Waals surface area contributed by atoms with Crippen LogP contribution < -0.4 is 4.74 Å². The number of benzene rings is 2. The zero-order valence-corrected chi connectivity index (χ0v) is 23.6. The van der Waals surface area contributed by atoms with Gasteiger partial charge in [0, 0.05) is 13.0 Å². The van der Waals surface area contributed by atoms with Crippen LogP contribution in [0.25, 0.3) is 0 Å². The molecule has 1 atom stereocenters. The Morgan fingerprint density at radius 3 is 2.20 bits per heavy atom. The van der Waals surface area contributed by atoms with Crippen LogP contribution in [0.2, 0.25) is 0 Å². The number of ether oxygens (including phenoxy) is 4. The first kappa shape index (κ1) is 30.8. The normalized spacial score (nSPS) is 14.7. The van der Waals surface area contributed by atoms with Gasteiger partial charge in [0.2, 0.25) is 0 Å². The maximum atomic E-state index is 12.6. The van der Waals surface area contributed by atoms with Gasteiger partial charge in [0.05, 0.1) is 35.7 Å². The summed E-state index contributed by atoms with van der Waals surface area (Å²) in [4.78, 5) is 24.6. The summed E-state index contributed by atoms with van der Waals surface area (Å²) in [6.07, 6.45) is 12.9. The first-order valence-electron chi connectivity index (χ1n) is 14.2. The van der Waals surface area contributed by atoms with Crippen molar-refractivity contribution in [2.45, 2.75) is 64.9 Å². The molecule has 0 amide bonds. The van der Waals surface area contributed by atoms with Crippen molar-refractivity contribution in [2.24, 2.45) is 10.2 Å². The number of hydrogen-bond donors (Lipinski definition) is 0. The summed E-state index contributed by atoms with van der Waals surface area (Å²) >= 11 is 0. The van der Waals surface area contributed by atoms with Crippen molar-refractivity contribution in [3.8, 4) is 5.75 Å². The van der Waals surface area contributed by atoms with E-state index in [0.29, 0.717) is 48.8 Å². The van der Waals surface area contributed by atoms with Gasteiger partial charge < -0.3 is 18.9 Å². The van der Waals surface area contributed by atoms with Crippen LogP contribution in [0.5, 0.6) is 5.75 Å². The fraction of sp³-hybridized carbons (Fsp3) is 0.438. The molecule has 0 spiro atoms. The van der Waals surface area contributed by atoms with Crippen LogP contribution in [-0.2, 0) is 14.2 Å². The Bertz CT molecular complexity index is 1140. The molecule has 0 bridgehead atoms. The standard InChI is InChI=1S/C32H40N2O6/c1-3-5-6-7-8-9-22-38-29-18-12-26(13-19-29)32(36)40-30-20-16-28(17-21-30)34-33-27-14-10-25(11-15-27)31(35)39-24-23-37-4-2/h10-20,30H,3-9,21-24H2,1-2H3. The molecule has 0 heterocycles. The monoisotopic (exact) mass is 548 g/mol. The number of azo groups is 1. The molecular formula is C32H40N2O6. The minimum absolute atomic E-state index is 0.214. The minimum atomic E-state index is -0.408. The largest absolute Gasteiger partial charge is 0.494 e. The number of carbonyl (C=O) groups excluding carboxylic acids is 2. The Kier molecular flexibility index (Phi) is 13.6. The molecule has 1 aliphatic carbocycles. The predicted octanol–water partition coefficient (Wildman–Crippen LogP) is 7.77. The lowest BCUT2D eigenvalue weighted by molar-refractivity contribution is 0.0334. The summed E-state index contributed by atoms with van der Waals surface area (Å²) in [6, 6.07) is 13.8. The van der Waals surface area contributed by atoms with E-state index in [2.05, 4.69) is 17.2 Å². The molecule has 0 aromatic heterocycles. The van der Waals surface area contributed by atoms with Gasteiger partial charge in [-0.1, -0.05) is 45.1 Å². The molecule has 40 heavy (non-hydrogen) atoms. The highest BCUT2D eigenvalue weighted by Gasteiger charge is 2.16. The van der Waals surface area contributed by atoms with Gasteiger partial charge in [-0.3, -0.25) is 0 Å². The van der Waals surface area contributed by atoms with Crippen LogP contribution in [-0.4, -0.2) is 44.5 Å². The summed E-state index contributed by atoms with van der Waals surface area (Å²) in [7, 11) is 0. The molecule has 0 N–H and O–H groups in total. The second-order valence-corrected chi connectivity index (χ2v) is 9.39. The molecule has 1 unspecified atom stereocenters. The molecule has 8 nitrogen and oxygen atoms in total. The number of unbranched alkanes of at least 4 members (excludes halogenated alkanes) is 5. The molecule has 0 radical (unpaired) electrons. The zero-order chi connectivity index (χ0) is 28.4. The van der Waals surface area contributed by atoms with Crippen molar-refractivity contribution in [3.63, 3.8) is 0 Å². The first-order valence-corrected chi connectivity index (χ1v) is 14.2. The van der Waals surface area contributed by atoms with Gasteiger partial charge in [-0.15, -0.1) is 0 Å². The van der Waals surface area contributed by atoms with Crippen LogP contribution in [0, 0.1) is 0 Å². The molecule has 0 saturated carbocycles. The summed E-state index contributed by atoms with van der Waals surface area (Å²) < 4.78 is 21.7. The van der Waals surface area contributed by atoms with Crippen LogP contribution >= 0.6 is 0 Å². The van der Waals surface area contributed by atoms with E-state index in [1.165, 1.54) is 32.1 Å². The fourth-order valence-electron chi connectivity index (χ4n) is 3.92. The SMILES string of the molecule is CCCCCCCCOc1ccc(C(=O)OC2C=CC(N=Nc3ccc(C(=O)OCCOCC)cc3)=CC2)cc1. The molecule has 8 heteroatoms. The van der Waals surface area contributed by atoms with Crippen LogP contribution in [0.15, 0.2) is 82.7 Å². The third kappa shape index (κ3) is 11.1. The minimum Gasteiger partial charge on any atom is -0.494 e. The molecule has 1 aliphatic rings. The molecule has 0 fully saturated rings. The van der Waals surface area contributed by atoms with E-state index >= 15 is 0 Å². The number of carbonyl (C=O) groups is 2. The Hall–Kier alpha value is -3.78. The molecule has 3 rings (SSSR count). The molecule has 0 aliphatic heterocycles. The Morgan fingerprint density at radius 2 is 1.50 bits per heavy atom. The van der Waals surface area contributed by atoms with Gasteiger partial charge in [0.25, 0.3) is 0 Å². The van der Waals surface area contributed by atoms with Crippen LogP contribution in [0.3, 0.4) is 0 Å². The fourth-order valence-corrected chi connectivity index (χ4v) is 3.92. The van der Waals surface area contributed by atoms with E-state index in [-0.39, 0.29) is 18.7 Å². The van der Waals surface area contributed by atoms with Crippen molar-refractivity contribution in [1.29, 1.82) is 0 Å². The van der Waals surface area contributed by atoms with Crippen molar-refractivity contribution in [1.82, 2.24) is 0 Å². The highest BCUT2D eigenvalue weighted by atomic mass is 16.6. The summed E-state index contributed by atoms with van der Waals surface area (Å²) in [6.45, 7) is 5.96. The molecule has 2 aromatic carbocycles. The van der Waals surface area contributed by atoms with Crippen molar-refractivity contribution in [3.05, 3.63) is 83.6 Å². The van der Waals surface area contributed by atoms with E-state index in [4.69, 9.17) is 18.9 Å². The average Bonchev–Trinajstić information content (AvgIpc) is 2.99. The molecule has 0 saturated heterocycles. The highest BCUT2D eigenvalue weighted by Crippen LogP contribution is 2.21. The number of allylic oxidation sites excluding steroid dienone is 1. The second-order valence-electron chi connectivity index (χ2n) is 9.39. The third-order valence-electron chi connectivity index (χ3n) is 6.20. The van der Waals surface area contributed by atoms with Gasteiger partial charge in [-0.05, 0) is 74.0 Å². The number of nitrogens with zero attached hydrogens (tertiary/aromatic N) is 2. The van der Waals surface area contributed by atoms with Crippen molar-refractivity contribution in [2.75, 3.05) is 26.4 Å². The lowest BCUT2D eigenvalue weighted by atomic mass is 10.1. The van der Waals surface area contributed by atoms with E-state index in [1.54, 1.807) is 60.7 Å². The van der Waals surface area contributed by atoms with E-state index in [0.717, 1.165) is 12.2 Å². The number of esters is 2. The summed E-state index contributed by atoms with van der Waals surface area (Å²) in [5.74, 6) is -0.0331. The third-order valence-corrected chi connectivity index (χ3v) is 6.20. The summed E-state index contributed by atoms with van der Waals surface area (Å²) in [5.41, 5.74) is 2.19. The van der Waals surface area contributed by atoms with Gasteiger partial charge >= 0.3 is 11.9 Å². The van der Waals surface area contributed by atoms with E-state index in [9.17, 15) is 9.59 Å². The van der Waals surface area contributed by atoms with Gasteiger partial charge in [-0.2, -0.15) is 10.2 Å². The van der Waals surface area contributed by atoms with Crippen LogP contribution in [0.1, 0.15) is 79.5 Å². The lowest BCUT2D eigenvalue weighted by Crippen LogP contribution is -2.17. The maximum absolute atomic E-state index is 12.6. The first-order chi connectivity index (χ1) is 19.6. The molecule has 2 aromatic rings. The Morgan fingerprint density at radius 1 is 0.800 bits per heavy atom.